The van der Waals surface area contributed by atoms with Gasteiger partial charge in [-0.1, -0.05) is 12.1 Å². The molecule has 5 nitrogen and oxygen atoms in total. The van der Waals surface area contributed by atoms with Crippen molar-refractivity contribution >= 4 is 23.6 Å². The number of H-pyrrole nitrogens is 1. The van der Waals surface area contributed by atoms with Gasteiger partial charge in [0.15, 0.2) is 0 Å². The Hall–Kier alpha value is -1.82. The Morgan fingerprint density at radius 1 is 1.53 bits per heavy atom. The van der Waals surface area contributed by atoms with Crippen molar-refractivity contribution < 1.29 is 4.79 Å². The summed E-state index contributed by atoms with van der Waals surface area (Å²) in [7, 11) is 0. The molecule has 0 spiro atoms. The first-order valence-electron chi connectivity index (χ1n) is 5.04. The number of aromatic nitrogens is 3. The number of amides is 1. The van der Waals surface area contributed by atoms with Gasteiger partial charge >= 0.3 is 0 Å². The summed E-state index contributed by atoms with van der Waals surface area (Å²) in [5.41, 5.74) is 1.75. The lowest BCUT2D eigenvalue weighted by molar-refractivity contribution is 0.102. The van der Waals surface area contributed by atoms with Crippen molar-refractivity contribution in [2.75, 3.05) is 11.6 Å². The Kier molecular flexibility index (Phi) is 3.77. The van der Waals surface area contributed by atoms with E-state index in [-0.39, 0.29) is 5.91 Å². The molecule has 6 heteroatoms. The fourth-order valence-corrected chi connectivity index (χ4v) is 1.93. The monoisotopic (exact) mass is 248 g/mol. The minimum Gasteiger partial charge on any atom is -0.291 e. The fourth-order valence-electron chi connectivity index (χ4n) is 1.41. The van der Waals surface area contributed by atoms with E-state index in [2.05, 4.69) is 20.5 Å². The molecule has 1 amide bonds. The van der Waals surface area contributed by atoms with E-state index in [1.165, 1.54) is 6.33 Å². The smallest absolute Gasteiger partial charge is 0.258 e. The second-order valence-electron chi connectivity index (χ2n) is 3.42. The lowest BCUT2D eigenvalue weighted by atomic mass is 10.1. The molecule has 0 unspecified atom stereocenters. The first kappa shape index (κ1) is 11.7. The minimum absolute atomic E-state index is 0.190. The lowest BCUT2D eigenvalue weighted by Crippen LogP contribution is -2.13. The minimum atomic E-state index is -0.190. The van der Waals surface area contributed by atoms with Gasteiger partial charge in [-0.2, -0.15) is 21.8 Å². The van der Waals surface area contributed by atoms with E-state index in [0.717, 1.165) is 11.3 Å². The van der Waals surface area contributed by atoms with Gasteiger partial charge in [-0.25, -0.2) is 5.10 Å². The number of thioether (sulfide) groups is 1. The number of rotatable bonds is 4. The fraction of sp³-hybridized carbons (Fsp3) is 0.182. The topological polar surface area (TPSA) is 70.7 Å². The zero-order valence-corrected chi connectivity index (χ0v) is 10.1. The number of nitrogens with one attached hydrogen (secondary N) is 2. The summed E-state index contributed by atoms with van der Waals surface area (Å²) in [4.78, 5) is 15.7. The van der Waals surface area contributed by atoms with E-state index >= 15 is 0 Å². The molecule has 1 aromatic carbocycles. The number of nitrogens with zero attached hydrogens (tertiary/aromatic N) is 2. The Balaban J connectivity index is 2.11. The molecule has 0 radical (unpaired) electrons. The van der Waals surface area contributed by atoms with Crippen molar-refractivity contribution in [3.63, 3.8) is 0 Å². The molecule has 0 saturated carbocycles. The van der Waals surface area contributed by atoms with Crippen LogP contribution in [0.5, 0.6) is 0 Å². The van der Waals surface area contributed by atoms with Gasteiger partial charge in [0.2, 0.25) is 5.95 Å². The maximum atomic E-state index is 11.9. The van der Waals surface area contributed by atoms with E-state index in [4.69, 9.17) is 0 Å². The van der Waals surface area contributed by atoms with Crippen LogP contribution in [0, 0.1) is 0 Å². The third kappa shape index (κ3) is 3.07. The molecular formula is C11H12N4OS. The Bertz CT molecular complexity index is 498. The van der Waals surface area contributed by atoms with E-state index in [9.17, 15) is 4.79 Å². The van der Waals surface area contributed by atoms with Crippen LogP contribution in [-0.2, 0) is 5.75 Å². The van der Waals surface area contributed by atoms with Crippen LogP contribution in [0.3, 0.4) is 0 Å². The third-order valence-corrected chi connectivity index (χ3v) is 2.77. The highest BCUT2D eigenvalue weighted by Gasteiger charge is 2.07. The number of aromatic amines is 1. The van der Waals surface area contributed by atoms with Gasteiger partial charge in [-0.05, 0) is 24.0 Å². The largest absolute Gasteiger partial charge is 0.291 e. The van der Waals surface area contributed by atoms with Crippen LogP contribution in [0.2, 0.25) is 0 Å². The molecule has 0 atom stereocenters. The van der Waals surface area contributed by atoms with E-state index in [1.807, 2.05) is 24.5 Å². The molecule has 0 aliphatic heterocycles. The van der Waals surface area contributed by atoms with Gasteiger partial charge in [0.1, 0.15) is 6.33 Å². The summed E-state index contributed by atoms with van der Waals surface area (Å²) in [5.74, 6) is 1.05. The van der Waals surface area contributed by atoms with Crippen LogP contribution in [0.15, 0.2) is 30.6 Å². The maximum absolute atomic E-state index is 11.9. The number of carbonyl (C=O) groups is 1. The van der Waals surface area contributed by atoms with Crippen LogP contribution in [-0.4, -0.2) is 27.3 Å². The predicted octanol–water partition coefficient (Wildman–Crippen LogP) is 1.92. The number of hydrogen-bond donors (Lipinski definition) is 2. The normalized spacial score (nSPS) is 10.2. The quantitative estimate of drug-likeness (QED) is 0.867. The summed E-state index contributed by atoms with van der Waals surface area (Å²) in [5, 5.41) is 8.87. The Morgan fingerprint density at radius 3 is 3.12 bits per heavy atom. The van der Waals surface area contributed by atoms with E-state index < -0.39 is 0 Å². The highest BCUT2D eigenvalue weighted by molar-refractivity contribution is 7.97. The SMILES string of the molecule is CSCc1cccc(C(=O)Nc2ncn[nH]2)c1. The first-order valence-corrected chi connectivity index (χ1v) is 6.43. The molecule has 88 valence electrons. The van der Waals surface area contributed by atoms with Crippen molar-refractivity contribution in [2.45, 2.75) is 5.75 Å². The van der Waals surface area contributed by atoms with Crippen molar-refractivity contribution in [3.05, 3.63) is 41.7 Å². The van der Waals surface area contributed by atoms with Gasteiger partial charge in [-0.15, -0.1) is 0 Å². The van der Waals surface area contributed by atoms with Crippen LogP contribution < -0.4 is 5.32 Å². The molecule has 2 N–H and O–H groups in total. The predicted molar refractivity (Wildman–Crippen MR) is 68.0 cm³/mol. The van der Waals surface area contributed by atoms with E-state index in [1.54, 1.807) is 17.8 Å². The number of benzene rings is 1. The molecular weight excluding hydrogens is 236 g/mol. The van der Waals surface area contributed by atoms with Crippen LogP contribution in [0.4, 0.5) is 5.95 Å². The zero-order valence-electron chi connectivity index (χ0n) is 9.30. The maximum Gasteiger partial charge on any atom is 0.258 e. The van der Waals surface area contributed by atoms with E-state index in [0.29, 0.717) is 11.5 Å². The summed E-state index contributed by atoms with van der Waals surface area (Å²) in [6, 6.07) is 7.53. The second-order valence-corrected chi connectivity index (χ2v) is 4.29. The highest BCUT2D eigenvalue weighted by Crippen LogP contribution is 2.12. The Labute approximate surface area is 103 Å². The number of anilines is 1. The van der Waals surface area contributed by atoms with Crippen molar-refractivity contribution in [3.8, 4) is 0 Å². The van der Waals surface area contributed by atoms with Crippen molar-refractivity contribution in [2.24, 2.45) is 0 Å². The van der Waals surface area contributed by atoms with Gasteiger partial charge in [0.25, 0.3) is 5.91 Å². The highest BCUT2D eigenvalue weighted by atomic mass is 32.2. The van der Waals surface area contributed by atoms with Crippen molar-refractivity contribution in [1.29, 1.82) is 0 Å². The molecule has 0 bridgehead atoms. The van der Waals surface area contributed by atoms with Crippen LogP contribution in [0.25, 0.3) is 0 Å². The molecule has 2 rings (SSSR count). The number of carbonyl (C=O) groups excluding carboxylic acids is 1. The molecule has 0 saturated heterocycles. The lowest BCUT2D eigenvalue weighted by Gasteiger charge is -2.03. The van der Waals surface area contributed by atoms with Crippen LogP contribution in [0.1, 0.15) is 15.9 Å². The summed E-state index contributed by atoms with van der Waals surface area (Å²) in [6.45, 7) is 0. The van der Waals surface area contributed by atoms with Gasteiger partial charge in [-0.3, -0.25) is 10.1 Å². The average Bonchev–Trinajstić information content (AvgIpc) is 2.83. The standard InChI is InChI=1S/C11H12N4OS/c1-17-6-8-3-2-4-9(5-8)10(16)14-11-12-7-13-15-11/h2-5,7H,6H2,1H3,(H2,12,13,14,15,16). The van der Waals surface area contributed by atoms with Gasteiger partial charge in [0.05, 0.1) is 0 Å². The van der Waals surface area contributed by atoms with Crippen LogP contribution >= 0.6 is 11.8 Å². The average molecular weight is 248 g/mol. The molecule has 1 heterocycles. The third-order valence-electron chi connectivity index (χ3n) is 2.15. The summed E-state index contributed by atoms with van der Waals surface area (Å²) < 4.78 is 0. The summed E-state index contributed by atoms with van der Waals surface area (Å²) in [6.07, 6.45) is 3.38. The Morgan fingerprint density at radius 2 is 2.41 bits per heavy atom. The summed E-state index contributed by atoms with van der Waals surface area (Å²) >= 11 is 1.72. The first-order chi connectivity index (χ1) is 8.29. The zero-order chi connectivity index (χ0) is 12.1. The van der Waals surface area contributed by atoms with Crippen molar-refractivity contribution in [1.82, 2.24) is 15.2 Å². The van der Waals surface area contributed by atoms with Gasteiger partial charge in [0, 0.05) is 11.3 Å². The second kappa shape index (κ2) is 5.49. The molecule has 0 aliphatic carbocycles. The molecule has 0 aliphatic rings. The molecule has 17 heavy (non-hydrogen) atoms. The molecule has 1 aromatic heterocycles. The van der Waals surface area contributed by atoms with Gasteiger partial charge < -0.3 is 0 Å². The number of hydrogen-bond acceptors (Lipinski definition) is 4. The molecule has 0 fully saturated rings. The molecule has 2 aromatic rings.